The van der Waals surface area contributed by atoms with Crippen molar-refractivity contribution in [2.45, 2.75) is 4.90 Å². The summed E-state index contributed by atoms with van der Waals surface area (Å²) in [6, 6.07) is 18.6. The van der Waals surface area contributed by atoms with Gasteiger partial charge in [0.2, 0.25) is 0 Å². The van der Waals surface area contributed by atoms with E-state index in [-0.39, 0.29) is 21.6 Å². The average Bonchev–Trinajstić information content (AvgIpc) is 3.02. The van der Waals surface area contributed by atoms with Crippen molar-refractivity contribution >= 4 is 27.7 Å². The van der Waals surface area contributed by atoms with Crippen molar-refractivity contribution in [3.8, 4) is 11.1 Å². The normalized spacial score (nSPS) is 13.0. The molecule has 3 aromatic carbocycles. The van der Waals surface area contributed by atoms with E-state index in [1.165, 1.54) is 36.4 Å². The van der Waals surface area contributed by atoms with Gasteiger partial charge in [-0.1, -0.05) is 42.5 Å². The SMILES string of the molecule is O=C(NS(=O)(=O)c1ccc(-c2cccc3c2C(=O)NC3=O)cc1)c1ccccc1. The van der Waals surface area contributed by atoms with Crippen molar-refractivity contribution in [3.05, 3.63) is 89.5 Å². The van der Waals surface area contributed by atoms with Crippen LogP contribution in [0.15, 0.2) is 77.7 Å². The zero-order chi connectivity index (χ0) is 20.6. The first-order chi connectivity index (χ1) is 13.9. The van der Waals surface area contributed by atoms with Crippen LogP contribution in [0, 0.1) is 0 Å². The van der Waals surface area contributed by atoms with Crippen molar-refractivity contribution in [1.82, 2.24) is 10.0 Å². The van der Waals surface area contributed by atoms with E-state index in [0.29, 0.717) is 11.1 Å². The number of imide groups is 1. The molecule has 1 aliphatic heterocycles. The third-order valence-corrected chi connectivity index (χ3v) is 5.85. The zero-order valence-corrected chi connectivity index (χ0v) is 15.7. The van der Waals surface area contributed by atoms with Crippen LogP contribution in [0.4, 0.5) is 0 Å². The molecule has 0 saturated heterocycles. The Kier molecular flexibility index (Phi) is 4.48. The lowest BCUT2D eigenvalue weighted by atomic mass is 9.97. The maximum Gasteiger partial charge on any atom is 0.264 e. The van der Waals surface area contributed by atoms with Gasteiger partial charge < -0.3 is 0 Å². The molecule has 0 saturated carbocycles. The van der Waals surface area contributed by atoms with E-state index in [9.17, 15) is 22.8 Å². The summed E-state index contributed by atoms with van der Waals surface area (Å²) in [5.41, 5.74) is 1.84. The summed E-state index contributed by atoms with van der Waals surface area (Å²) in [7, 11) is -4.07. The fraction of sp³-hybridized carbons (Fsp3) is 0. The van der Waals surface area contributed by atoms with Gasteiger partial charge in [0, 0.05) is 5.56 Å². The highest BCUT2D eigenvalue weighted by atomic mass is 32.2. The van der Waals surface area contributed by atoms with E-state index in [1.807, 2.05) is 4.72 Å². The number of sulfonamides is 1. The molecule has 3 amide bonds. The Morgan fingerprint density at radius 3 is 2.10 bits per heavy atom. The van der Waals surface area contributed by atoms with Crippen molar-refractivity contribution in [1.29, 1.82) is 0 Å². The lowest BCUT2D eigenvalue weighted by Crippen LogP contribution is -2.30. The summed E-state index contributed by atoms with van der Waals surface area (Å²) in [5, 5.41) is 2.24. The molecule has 0 bridgehead atoms. The molecule has 0 aromatic heterocycles. The van der Waals surface area contributed by atoms with E-state index in [2.05, 4.69) is 5.32 Å². The molecule has 2 N–H and O–H groups in total. The van der Waals surface area contributed by atoms with Crippen LogP contribution >= 0.6 is 0 Å². The van der Waals surface area contributed by atoms with E-state index in [4.69, 9.17) is 0 Å². The molecule has 0 radical (unpaired) electrons. The maximum atomic E-state index is 12.5. The second-order valence-corrected chi connectivity index (χ2v) is 8.02. The molecule has 1 aliphatic rings. The van der Waals surface area contributed by atoms with Crippen LogP contribution in [0.1, 0.15) is 31.1 Å². The third-order valence-electron chi connectivity index (χ3n) is 4.50. The summed E-state index contributed by atoms with van der Waals surface area (Å²) in [5.74, 6) is -1.69. The standard InChI is InChI=1S/C21H14N2O5S/c24-19(14-5-2-1-3-6-14)23-29(27,28)15-11-9-13(10-12-15)16-7-4-8-17-18(16)21(26)22-20(17)25/h1-12H,(H,23,24)(H,22,25,26). The molecule has 29 heavy (non-hydrogen) atoms. The molecule has 8 heteroatoms. The van der Waals surface area contributed by atoms with Crippen molar-refractivity contribution < 1.29 is 22.8 Å². The highest BCUT2D eigenvalue weighted by molar-refractivity contribution is 7.90. The van der Waals surface area contributed by atoms with Gasteiger partial charge in [0.1, 0.15) is 0 Å². The van der Waals surface area contributed by atoms with E-state index >= 15 is 0 Å². The maximum absolute atomic E-state index is 12.5. The predicted octanol–water partition coefficient (Wildman–Crippen LogP) is 2.36. The van der Waals surface area contributed by atoms with Crippen LogP contribution in [0.3, 0.4) is 0 Å². The Labute approximate surface area is 166 Å². The van der Waals surface area contributed by atoms with E-state index in [1.54, 1.807) is 36.4 Å². The van der Waals surface area contributed by atoms with Gasteiger partial charge >= 0.3 is 0 Å². The first-order valence-corrected chi connectivity index (χ1v) is 10.1. The van der Waals surface area contributed by atoms with Crippen molar-refractivity contribution in [3.63, 3.8) is 0 Å². The molecule has 4 rings (SSSR count). The minimum Gasteiger partial charge on any atom is -0.288 e. The lowest BCUT2D eigenvalue weighted by molar-refractivity contribution is 0.0878. The summed E-state index contributed by atoms with van der Waals surface area (Å²) in [4.78, 5) is 35.9. The van der Waals surface area contributed by atoms with E-state index < -0.39 is 27.7 Å². The number of hydrogen-bond acceptors (Lipinski definition) is 5. The summed E-state index contributed by atoms with van der Waals surface area (Å²) in [6.07, 6.45) is 0. The van der Waals surface area contributed by atoms with Gasteiger partial charge in [0.15, 0.2) is 0 Å². The molecule has 7 nitrogen and oxygen atoms in total. The van der Waals surface area contributed by atoms with Gasteiger partial charge in [-0.3, -0.25) is 19.7 Å². The highest BCUT2D eigenvalue weighted by Crippen LogP contribution is 2.29. The first-order valence-electron chi connectivity index (χ1n) is 8.58. The topological polar surface area (TPSA) is 109 Å². The van der Waals surface area contributed by atoms with Gasteiger partial charge in [0.25, 0.3) is 27.7 Å². The number of rotatable bonds is 4. The van der Waals surface area contributed by atoms with Crippen LogP contribution in [0.25, 0.3) is 11.1 Å². The van der Waals surface area contributed by atoms with Crippen molar-refractivity contribution in [2.75, 3.05) is 0 Å². The highest BCUT2D eigenvalue weighted by Gasteiger charge is 2.29. The number of benzene rings is 3. The van der Waals surface area contributed by atoms with Gasteiger partial charge in [-0.05, 0) is 41.5 Å². The summed E-state index contributed by atoms with van der Waals surface area (Å²) in [6.45, 7) is 0. The van der Waals surface area contributed by atoms with Crippen molar-refractivity contribution in [2.24, 2.45) is 0 Å². The molecule has 3 aromatic rings. The fourth-order valence-corrected chi connectivity index (χ4v) is 4.08. The first kappa shape index (κ1) is 18.6. The van der Waals surface area contributed by atoms with Gasteiger partial charge in [0.05, 0.1) is 16.0 Å². The smallest absolute Gasteiger partial charge is 0.264 e. The Bertz CT molecular complexity index is 1250. The third kappa shape index (κ3) is 3.41. The Morgan fingerprint density at radius 2 is 1.41 bits per heavy atom. The molecule has 0 unspecified atom stereocenters. The van der Waals surface area contributed by atoms with Crippen LogP contribution in [0.5, 0.6) is 0 Å². The number of amides is 3. The molecule has 0 aliphatic carbocycles. The number of carbonyl (C=O) groups excluding carboxylic acids is 3. The summed E-state index contributed by atoms with van der Waals surface area (Å²) >= 11 is 0. The van der Waals surface area contributed by atoms with Crippen LogP contribution in [-0.2, 0) is 10.0 Å². The molecule has 144 valence electrons. The molecule has 0 fully saturated rings. The van der Waals surface area contributed by atoms with Crippen LogP contribution in [0.2, 0.25) is 0 Å². The number of carbonyl (C=O) groups is 3. The average molecular weight is 406 g/mol. The fourth-order valence-electron chi connectivity index (χ4n) is 3.10. The minimum absolute atomic E-state index is 0.0985. The number of fused-ring (bicyclic) bond motifs is 1. The van der Waals surface area contributed by atoms with E-state index in [0.717, 1.165) is 0 Å². The predicted molar refractivity (Wildman–Crippen MR) is 105 cm³/mol. The second-order valence-electron chi connectivity index (χ2n) is 6.34. The monoisotopic (exact) mass is 406 g/mol. The summed E-state index contributed by atoms with van der Waals surface area (Å²) < 4.78 is 27.0. The minimum atomic E-state index is -4.07. The zero-order valence-electron chi connectivity index (χ0n) is 14.9. The Balaban J connectivity index is 1.63. The van der Waals surface area contributed by atoms with Gasteiger partial charge in [-0.2, -0.15) is 0 Å². The molecular formula is C21H14N2O5S. The molecule has 0 spiro atoms. The number of nitrogens with one attached hydrogen (secondary N) is 2. The van der Waals surface area contributed by atoms with Crippen LogP contribution in [-0.4, -0.2) is 26.1 Å². The Morgan fingerprint density at radius 1 is 0.759 bits per heavy atom. The number of hydrogen-bond donors (Lipinski definition) is 2. The van der Waals surface area contributed by atoms with Gasteiger partial charge in [-0.25, -0.2) is 13.1 Å². The molecular weight excluding hydrogens is 392 g/mol. The van der Waals surface area contributed by atoms with Gasteiger partial charge in [-0.15, -0.1) is 0 Å². The van der Waals surface area contributed by atoms with Crippen LogP contribution < -0.4 is 10.0 Å². The molecule has 1 heterocycles. The second kappa shape index (κ2) is 6.99. The lowest BCUT2D eigenvalue weighted by Gasteiger charge is -2.09. The quantitative estimate of drug-likeness (QED) is 0.647. The largest absolute Gasteiger partial charge is 0.288 e. The Hall–Kier alpha value is -3.78. The molecule has 0 atom stereocenters.